The minimum Gasteiger partial charge on any atom is -0.486 e. The lowest BCUT2D eigenvalue weighted by atomic mass is 10.2. The lowest BCUT2D eigenvalue weighted by Gasteiger charge is -2.06. The summed E-state index contributed by atoms with van der Waals surface area (Å²) in [7, 11) is 0. The molecule has 0 saturated carbocycles. The van der Waals surface area contributed by atoms with E-state index >= 15 is 0 Å². The summed E-state index contributed by atoms with van der Waals surface area (Å²) in [5.74, 6) is 0.482. The van der Waals surface area contributed by atoms with Crippen LogP contribution in [0.25, 0.3) is 0 Å². The molecule has 1 aromatic carbocycles. The first-order valence-corrected chi connectivity index (χ1v) is 9.60. The quantitative estimate of drug-likeness (QED) is 0.390. The van der Waals surface area contributed by atoms with Crippen molar-refractivity contribution in [3.63, 3.8) is 0 Å². The molecule has 2 aromatic heterocycles. The first-order valence-electron chi connectivity index (χ1n) is 9.60. The third-order valence-electron chi connectivity index (χ3n) is 4.77. The van der Waals surface area contributed by atoms with Gasteiger partial charge in [-0.2, -0.15) is 5.10 Å². The van der Waals surface area contributed by atoms with Gasteiger partial charge in [-0.3, -0.25) is 29.7 Å². The molecule has 12 heteroatoms. The van der Waals surface area contributed by atoms with Crippen LogP contribution in [-0.4, -0.2) is 32.1 Å². The van der Waals surface area contributed by atoms with Gasteiger partial charge in [-0.15, -0.1) is 0 Å². The van der Waals surface area contributed by atoms with Crippen LogP contribution in [0, 0.1) is 41.0 Å². The van der Waals surface area contributed by atoms with Crippen LogP contribution in [0.2, 0.25) is 0 Å². The van der Waals surface area contributed by atoms with Crippen molar-refractivity contribution in [2.45, 2.75) is 33.9 Å². The smallest absolute Gasteiger partial charge is 0.312 e. The Balaban J connectivity index is 1.53. The van der Waals surface area contributed by atoms with Gasteiger partial charge in [0, 0.05) is 18.2 Å². The van der Waals surface area contributed by atoms with Crippen molar-refractivity contribution < 1.29 is 23.8 Å². The van der Waals surface area contributed by atoms with Gasteiger partial charge in [0.1, 0.15) is 29.5 Å². The zero-order valence-corrected chi connectivity index (χ0v) is 17.7. The van der Waals surface area contributed by atoms with Crippen LogP contribution in [-0.2, 0) is 13.2 Å². The van der Waals surface area contributed by atoms with Crippen LogP contribution in [0.15, 0.2) is 34.7 Å². The SMILES string of the molecule is Cc1cc(OCc2ccc(C(=O)NCCn3nc(C)c([N+](=O)[O-])c3C)o2)ccc1[N+](=O)[O-]. The molecule has 3 rings (SSSR count). The topological polar surface area (TPSA) is 156 Å². The molecule has 0 aliphatic rings. The molecule has 0 fully saturated rings. The molecular weight excluding hydrogens is 422 g/mol. The number of aromatic nitrogens is 2. The number of furan rings is 1. The van der Waals surface area contributed by atoms with Crippen LogP contribution in [0.5, 0.6) is 5.75 Å². The van der Waals surface area contributed by atoms with E-state index in [4.69, 9.17) is 9.15 Å². The van der Waals surface area contributed by atoms with Gasteiger partial charge < -0.3 is 14.5 Å². The maximum atomic E-state index is 12.3. The van der Waals surface area contributed by atoms with Crippen LogP contribution < -0.4 is 10.1 Å². The van der Waals surface area contributed by atoms with Crippen molar-refractivity contribution in [1.29, 1.82) is 0 Å². The molecule has 1 amide bonds. The normalized spacial score (nSPS) is 10.7. The Morgan fingerprint density at radius 1 is 1.16 bits per heavy atom. The van der Waals surface area contributed by atoms with E-state index in [1.54, 1.807) is 32.9 Å². The van der Waals surface area contributed by atoms with Gasteiger partial charge in [-0.25, -0.2) is 0 Å². The Bertz CT molecular complexity index is 1180. The van der Waals surface area contributed by atoms with Gasteiger partial charge in [0.25, 0.3) is 11.6 Å². The zero-order chi connectivity index (χ0) is 23.4. The summed E-state index contributed by atoms with van der Waals surface area (Å²) in [5, 5.41) is 28.7. The number of ether oxygens (including phenoxy) is 1. The number of amides is 1. The second kappa shape index (κ2) is 9.29. The second-order valence-corrected chi connectivity index (χ2v) is 7.02. The third-order valence-corrected chi connectivity index (χ3v) is 4.77. The minimum absolute atomic E-state index is 0.00405. The molecule has 2 heterocycles. The van der Waals surface area contributed by atoms with Crippen LogP contribution in [0.4, 0.5) is 11.4 Å². The second-order valence-electron chi connectivity index (χ2n) is 7.02. The summed E-state index contributed by atoms with van der Waals surface area (Å²) in [6.07, 6.45) is 0. The van der Waals surface area contributed by atoms with Crippen molar-refractivity contribution in [1.82, 2.24) is 15.1 Å². The number of aryl methyl sites for hydroxylation is 2. The molecule has 0 aliphatic carbocycles. The Hall–Kier alpha value is -4.22. The Labute approximate surface area is 182 Å². The number of hydrogen-bond acceptors (Lipinski definition) is 8. The fourth-order valence-electron chi connectivity index (χ4n) is 3.19. The van der Waals surface area contributed by atoms with Crippen LogP contribution in [0.1, 0.15) is 33.3 Å². The molecule has 0 saturated heterocycles. The lowest BCUT2D eigenvalue weighted by molar-refractivity contribution is -0.386. The average Bonchev–Trinajstić information content (AvgIpc) is 3.30. The highest BCUT2D eigenvalue weighted by molar-refractivity contribution is 5.91. The molecule has 32 heavy (non-hydrogen) atoms. The van der Waals surface area contributed by atoms with Crippen molar-refractivity contribution in [3.8, 4) is 5.75 Å². The van der Waals surface area contributed by atoms with Gasteiger partial charge in [0.05, 0.1) is 16.4 Å². The largest absolute Gasteiger partial charge is 0.486 e. The van der Waals surface area contributed by atoms with E-state index in [0.717, 1.165) is 0 Å². The summed E-state index contributed by atoms with van der Waals surface area (Å²) in [6.45, 7) is 5.29. The fraction of sp³-hybridized carbons (Fsp3) is 0.300. The number of benzene rings is 1. The first-order chi connectivity index (χ1) is 15.2. The highest BCUT2D eigenvalue weighted by Gasteiger charge is 2.21. The molecule has 12 nitrogen and oxygen atoms in total. The van der Waals surface area contributed by atoms with Gasteiger partial charge in [-0.05, 0) is 45.0 Å². The van der Waals surface area contributed by atoms with Gasteiger partial charge in [0.15, 0.2) is 5.76 Å². The summed E-state index contributed by atoms with van der Waals surface area (Å²) in [4.78, 5) is 33.3. The fourth-order valence-corrected chi connectivity index (χ4v) is 3.19. The summed E-state index contributed by atoms with van der Waals surface area (Å²) < 4.78 is 12.5. The van der Waals surface area contributed by atoms with Gasteiger partial charge >= 0.3 is 5.69 Å². The number of nitrogens with one attached hydrogen (secondary N) is 1. The Morgan fingerprint density at radius 3 is 2.53 bits per heavy atom. The number of carbonyl (C=O) groups excluding carboxylic acids is 1. The highest BCUT2D eigenvalue weighted by atomic mass is 16.6. The predicted octanol–water partition coefficient (Wildman–Crippen LogP) is 3.23. The molecule has 3 aromatic rings. The van der Waals surface area contributed by atoms with Crippen molar-refractivity contribution in [2.75, 3.05) is 6.54 Å². The number of rotatable bonds is 9. The average molecular weight is 443 g/mol. The number of nitro groups is 2. The van der Waals surface area contributed by atoms with Crippen molar-refractivity contribution in [3.05, 3.63) is 79.0 Å². The monoisotopic (exact) mass is 443 g/mol. The summed E-state index contributed by atoms with van der Waals surface area (Å²) >= 11 is 0. The molecule has 0 bridgehead atoms. The predicted molar refractivity (Wildman–Crippen MR) is 112 cm³/mol. The van der Waals surface area contributed by atoms with E-state index in [1.165, 1.54) is 22.9 Å². The van der Waals surface area contributed by atoms with E-state index in [1.807, 2.05) is 0 Å². The number of nitrogens with zero attached hydrogens (tertiary/aromatic N) is 4. The van der Waals surface area contributed by atoms with E-state index in [0.29, 0.717) is 28.5 Å². The van der Waals surface area contributed by atoms with Crippen LogP contribution >= 0.6 is 0 Å². The van der Waals surface area contributed by atoms with E-state index in [2.05, 4.69) is 10.4 Å². The molecule has 0 unspecified atom stereocenters. The molecular formula is C20H21N5O7. The Kier molecular flexibility index (Phi) is 6.52. The third kappa shape index (κ3) is 4.91. The number of carbonyl (C=O) groups is 1. The first kappa shape index (κ1) is 22.5. The van der Waals surface area contributed by atoms with Gasteiger partial charge in [0.2, 0.25) is 0 Å². The highest BCUT2D eigenvalue weighted by Crippen LogP contribution is 2.24. The van der Waals surface area contributed by atoms with Gasteiger partial charge in [-0.1, -0.05) is 0 Å². The standard InChI is InChI=1S/C20H21N5O7/c1-12-10-15(4-6-17(12)24(27)28)31-11-16-5-7-18(32-16)20(26)21-8-9-23-14(3)19(25(29)30)13(2)22-23/h4-7,10H,8-9,11H2,1-3H3,(H,21,26). The lowest BCUT2D eigenvalue weighted by Crippen LogP contribution is -2.27. The van der Waals surface area contributed by atoms with Crippen LogP contribution in [0.3, 0.4) is 0 Å². The summed E-state index contributed by atoms with van der Waals surface area (Å²) in [6, 6.07) is 7.51. The maximum Gasteiger partial charge on any atom is 0.312 e. The van der Waals surface area contributed by atoms with Crippen molar-refractivity contribution >= 4 is 17.3 Å². The minimum atomic E-state index is -0.475. The van der Waals surface area contributed by atoms with Crippen molar-refractivity contribution in [2.24, 2.45) is 0 Å². The molecule has 0 spiro atoms. The molecule has 0 aliphatic heterocycles. The molecule has 168 valence electrons. The number of hydrogen-bond donors (Lipinski definition) is 1. The van der Waals surface area contributed by atoms with E-state index in [9.17, 15) is 25.0 Å². The Morgan fingerprint density at radius 2 is 1.91 bits per heavy atom. The molecule has 1 N–H and O–H groups in total. The zero-order valence-electron chi connectivity index (χ0n) is 17.7. The summed E-state index contributed by atoms with van der Waals surface area (Å²) in [5.41, 5.74) is 1.18. The van der Waals surface area contributed by atoms with E-state index < -0.39 is 15.8 Å². The molecule has 0 atom stereocenters. The number of nitro benzene ring substituents is 1. The maximum absolute atomic E-state index is 12.3. The molecule has 0 radical (unpaired) electrons. The van der Waals surface area contributed by atoms with E-state index in [-0.39, 0.29) is 36.8 Å².